The van der Waals surface area contributed by atoms with E-state index >= 15 is 0 Å². The first-order valence-corrected chi connectivity index (χ1v) is 7.10. The van der Waals surface area contributed by atoms with E-state index in [0.29, 0.717) is 26.7 Å². The highest BCUT2D eigenvalue weighted by Crippen LogP contribution is 2.29. The van der Waals surface area contributed by atoms with Gasteiger partial charge in [-0.05, 0) is 41.8 Å². The molecule has 0 fully saturated rings. The molecule has 2 aromatic rings. The summed E-state index contributed by atoms with van der Waals surface area (Å²) in [5.41, 5.74) is 1.60. The lowest BCUT2D eigenvalue weighted by molar-refractivity contribution is -0.141. The van der Waals surface area contributed by atoms with Crippen LogP contribution >= 0.6 is 23.2 Å². The smallest absolute Gasteiger partial charge is 0.306 e. The number of rotatable bonds is 4. The number of aliphatic carboxylic acids is 1. The summed E-state index contributed by atoms with van der Waals surface area (Å²) in [5.74, 6) is -1.89. The van der Waals surface area contributed by atoms with E-state index in [0.717, 1.165) is 0 Å². The van der Waals surface area contributed by atoms with Gasteiger partial charge in [-0.1, -0.05) is 42.3 Å². The molecule has 0 aliphatic rings. The molecule has 110 valence electrons. The van der Waals surface area contributed by atoms with Gasteiger partial charge in [0, 0.05) is 15.6 Å². The average molecular weight is 327 g/mol. The normalized spacial score (nSPS) is 12.2. The van der Waals surface area contributed by atoms with Gasteiger partial charge in [-0.3, -0.25) is 4.79 Å². The fourth-order valence-electron chi connectivity index (χ4n) is 2.07. The predicted octanol–water partition coefficient (Wildman–Crippen LogP) is 5.06. The van der Waals surface area contributed by atoms with Crippen molar-refractivity contribution in [2.45, 2.75) is 13.3 Å². The van der Waals surface area contributed by atoms with Gasteiger partial charge in [0.1, 0.15) is 5.82 Å². The highest BCUT2D eigenvalue weighted by Gasteiger charge is 2.14. The molecule has 2 aromatic carbocycles. The van der Waals surface area contributed by atoms with Crippen molar-refractivity contribution in [3.05, 3.63) is 57.8 Å². The monoisotopic (exact) mass is 326 g/mol. The summed E-state index contributed by atoms with van der Waals surface area (Å²) in [7, 11) is 0. The Morgan fingerprint density at radius 2 is 1.81 bits per heavy atom. The van der Waals surface area contributed by atoms with Crippen LogP contribution < -0.4 is 0 Å². The van der Waals surface area contributed by atoms with Gasteiger partial charge in [0.25, 0.3) is 0 Å². The number of halogens is 3. The van der Waals surface area contributed by atoms with Crippen LogP contribution in [0.4, 0.5) is 4.39 Å². The Balaban J connectivity index is 2.33. The maximum Gasteiger partial charge on any atom is 0.306 e. The Kier molecular flexibility index (Phi) is 4.86. The zero-order valence-electron chi connectivity index (χ0n) is 11.2. The first-order valence-electron chi connectivity index (χ1n) is 6.34. The van der Waals surface area contributed by atoms with Crippen LogP contribution in [0.2, 0.25) is 10.0 Å². The lowest BCUT2D eigenvalue weighted by Crippen LogP contribution is -2.12. The quantitative estimate of drug-likeness (QED) is 0.852. The standard InChI is InChI=1S/C16H13Cl2FO2/c1-9(16(20)21)4-10-2-3-14(15(19)5-10)11-6-12(17)8-13(18)7-11/h2-3,5-9H,4H2,1H3,(H,20,21). The second kappa shape index (κ2) is 6.46. The van der Waals surface area contributed by atoms with E-state index in [2.05, 4.69) is 0 Å². The summed E-state index contributed by atoms with van der Waals surface area (Å²) in [6.07, 6.45) is 0.281. The molecule has 0 aliphatic heterocycles. The third-order valence-corrected chi connectivity index (χ3v) is 3.61. The van der Waals surface area contributed by atoms with Gasteiger partial charge in [-0.25, -0.2) is 4.39 Å². The van der Waals surface area contributed by atoms with E-state index in [9.17, 15) is 9.18 Å². The maximum absolute atomic E-state index is 14.2. The van der Waals surface area contributed by atoms with Gasteiger partial charge in [-0.2, -0.15) is 0 Å². The van der Waals surface area contributed by atoms with Crippen LogP contribution in [0.25, 0.3) is 11.1 Å². The molecule has 0 spiro atoms. The summed E-state index contributed by atoms with van der Waals surface area (Å²) >= 11 is 11.8. The molecule has 2 rings (SSSR count). The van der Waals surface area contributed by atoms with Crippen LogP contribution in [0.3, 0.4) is 0 Å². The van der Waals surface area contributed by atoms with Crippen LogP contribution in [0.5, 0.6) is 0 Å². The van der Waals surface area contributed by atoms with Crippen molar-refractivity contribution in [3.8, 4) is 11.1 Å². The van der Waals surface area contributed by atoms with E-state index in [1.807, 2.05) is 0 Å². The van der Waals surface area contributed by atoms with E-state index in [1.54, 1.807) is 37.3 Å². The van der Waals surface area contributed by atoms with Crippen LogP contribution in [0.1, 0.15) is 12.5 Å². The maximum atomic E-state index is 14.2. The zero-order chi connectivity index (χ0) is 15.6. The summed E-state index contributed by atoms with van der Waals surface area (Å²) in [5, 5.41) is 9.75. The van der Waals surface area contributed by atoms with Crippen molar-refractivity contribution >= 4 is 29.2 Å². The topological polar surface area (TPSA) is 37.3 Å². The number of carbonyl (C=O) groups is 1. The SMILES string of the molecule is CC(Cc1ccc(-c2cc(Cl)cc(Cl)c2)c(F)c1)C(=O)O. The molecule has 0 aromatic heterocycles. The molecule has 0 radical (unpaired) electrons. The van der Waals surface area contributed by atoms with Crippen molar-refractivity contribution in [3.63, 3.8) is 0 Å². The Morgan fingerprint density at radius 3 is 2.33 bits per heavy atom. The minimum Gasteiger partial charge on any atom is -0.481 e. The molecule has 0 bridgehead atoms. The number of benzene rings is 2. The summed E-state index contributed by atoms with van der Waals surface area (Å²) in [4.78, 5) is 10.8. The molecule has 21 heavy (non-hydrogen) atoms. The second-order valence-corrected chi connectivity index (χ2v) is 5.79. The van der Waals surface area contributed by atoms with Crippen LogP contribution in [-0.4, -0.2) is 11.1 Å². The second-order valence-electron chi connectivity index (χ2n) is 4.92. The number of hydrogen-bond acceptors (Lipinski definition) is 1. The van der Waals surface area contributed by atoms with Crippen LogP contribution in [0, 0.1) is 11.7 Å². The van der Waals surface area contributed by atoms with E-state index in [-0.39, 0.29) is 6.42 Å². The van der Waals surface area contributed by atoms with Crippen molar-refractivity contribution in [1.82, 2.24) is 0 Å². The first kappa shape index (κ1) is 15.8. The molecule has 1 unspecified atom stereocenters. The molecule has 2 nitrogen and oxygen atoms in total. The van der Waals surface area contributed by atoms with Crippen LogP contribution in [0.15, 0.2) is 36.4 Å². The molecular weight excluding hydrogens is 314 g/mol. The third-order valence-electron chi connectivity index (χ3n) is 3.17. The molecule has 0 amide bonds. The number of carboxylic acids is 1. The van der Waals surface area contributed by atoms with Gasteiger partial charge in [0.2, 0.25) is 0 Å². The minimum absolute atomic E-state index is 0.281. The van der Waals surface area contributed by atoms with E-state index < -0.39 is 17.7 Å². The van der Waals surface area contributed by atoms with Gasteiger partial charge in [0.15, 0.2) is 0 Å². The summed E-state index contributed by atoms with van der Waals surface area (Å²) in [6, 6.07) is 9.52. The van der Waals surface area contributed by atoms with Crippen molar-refractivity contribution in [2.24, 2.45) is 5.92 Å². The molecule has 0 saturated carbocycles. The van der Waals surface area contributed by atoms with Gasteiger partial charge >= 0.3 is 5.97 Å². The highest BCUT2D eigenvalue weighted by molar-refractivity contribution is 6.35. The molecule has 1 N–H and O–H groups in total. The number of hydrogen-bond donors (Lipinski definition) is 1. The average Bonchev–Trinajstić information content (AvgIpc) is 2.37. The lowest BCUT2D eigenvalue weighted by Gasteiger charge is -2.09. The Morgan fingerprint density at radius 1 is 1.19 bits per heavy atom. The van der Waals surface area contributed by atoms with E-state index in [4.69, 9.17) is 28.3 Å². The molecule has 0 saturated heterocycles. The molecular formula is C16H13Cl2FO2. The van der Waals surface area contributed by atoms with Crippen LogP contribution in [-0.2, 0) is 11.2 Å². The fraction of sp³-hybridized carbons (Fsp3) is 0.188. The third kappa shape index (κ3) is 3.96. The molecule has 1 atom stereocenters. The Hall–Kier alpha value is -1.58. The van der Waals surface area contributed by atoms with Gasteiger partial charge < -0.3 is 5.11 Å². The minimum atomic E-state index is -0.902. The highest BCUT2D eigenvalue weighted by atomic mass is 35.5. The molecule has 5 heteroatoms. The summed E-state index contributed by atoms with van der Waals surface area (Å²) < 4.78 is 14.2. The predicted molar refractivity (Wildman–Crippen MR) is 82.4 cm³/mol. The van der Waals surface area contributed by atoms with Gasteiger partial charge in [-0.15, -0.1) is 0 Å². The number of carboxylic acid groups (broad SMARTS) is 1. The fourth-order valence-corrected chi connectivity index (χ4v) is 2.60. The van der Waals surface area contributed by atoms with Gasteiger partial charge in [0.05, 0.1) is 5.92 Å². The van der Waals surface area contributed by atoms with Crippen molar-refractivity contribution < 1.29 is 14.3 Å². The van der Waals surface area contributed by atoms with Crippen molar-refractivity contribution in [2.75, 3.05) is 0 Å². The molecule has 0 aliphatic carbocycles. The largest absolute Gasteiger partial charge is 0.481 e. The van der Waals surface area contributed by atoms with E-state index in [1.165, 1.54) is 6.07 Å². The zero-order valence-corrected chi connectivity index (χ0v) is 12.7. The van der Waals surface area contributed by atoms with Crippen molar-refractivity contribution in [1.29, 1.82) is 0 Å². The lowest BCUT2D eigenvalue weighted by atomic mass is 9.98. The Labute approximate surface area is 132 Å². The first-order chi connectivity index (χ1) is 9.86. The summed E-state index contributed by atoms with van der Waals surface area (Å²) in [6.45, 7) is 1.59. The molecule has 0 heterocycles. The Bertz CT molecular complexity index is 666.